The van der Waals surface area contributed by atoms with Gasteiger partial charge in [0.2, 0.25) is 5.95 Å². The number of anilines is 1. The zero-order chi connectivity index (χ0) is 18.4. The highest BCUT2D eigenvalue weighted by molar-refractivity contribution is 5.73. The molecule has 2 aliphatic heterocycles. The molecule has 26 heavy (non-hydrogen) atoms. The van der Waals surface area contributed by atoms with E-state index in [2.05, 4.69) is 21.9 Å². The van der Waals surface area contributed by atoms with Crippen molar-refractivity contribution in [2.75, 3.05) is 24.6 Å². The van der Waals surface area contributed by atoms with Crippen molar-refractivity contribution in [1.29, 1.82) is 0 Å². The summed E-state index contributed by atoms with van der Waals surface area (Å²) in [7, 11) is 0. The van der Waals surface area contributed by atoms with Crippen molar-refractivity contribution < 1.29 is 20.1 Å². The first-order valence-corrected chi connectivity index (χ1v) is 8.84. The summed E-state index contributed by atoms with van der Waals surface area (Å²) in [6, 6.07) is 0. The van der Waals surface area contributed by atoms with Gasteiger partial charge >= 0.3 is 0 Å². The van der Waals surface area contributed by atoms with Crippen LogP contribution in [0.5, 0.6) is 0 Å². The van der Waals surface area contributed by atoms with E-state index in [4.69, 9.17) is 4.74 Å². The van der Waals surface area contributed by atoms with Crippen molar-refractivity contribution in [2.24, 2.45) is 5.92 Å². The van der Waals surface area contributed by atoms with Gasteiger partial charge in [0.15, 0.2) is 17.4 Å². The van der Waals surface area contributed by atoms with E-state index in [9.17, 15) is 20.1 Å². The van der Waals surface area contributed by atoms with Crippen molar-refractivity contribution in [2.45, 2.75) is 44.3 Å². The van der Waals surface area contributed by atoms with Gasteiger partial charge < -0.3 is 29.9 Å². The summed E-state index contributed by atoms with van der Waals surface area (Å²) < 4.78 is 7.23. The van der Waals surface area contributed by atoms with Gasteiger partial charge in [0.05, 0.1) is 12.9 Å². The molecule has 0 aromatic carbocycles. The van der Waals surface area contributed by atoms with Crippen molar-refractivity contribution >= 4 is 17.1 Å². The fraction of sp³-hybridized carbons (Fsp3) is 0.688. The second-order valence-electron chi connectivity index (χ2n) is 7.08. The number of aromatic nitrogens is 4. The molecule has 2 fully saturated rings. The van der Waals surface area contributed by atoms with E-state index in [-0.39, 0.29) is 16.7 Å². The van der Waals surface area contributed by atoms with E-state index < -0.39 is 31.1 Å². The molecule has 2 saturated heterocycles. The van der Waals surface area contributed by atoms with Crippen molar-refractivity contribution in [3.63, 3.8) is 0 Å². The number of rotatable bonds is 3. The second kappa shape index (κ2) is 6.62. The Morgan fingerprint density at radius 1 is 1.31 bits per heavy atom. The topological polar surface area (TPSA) is 137 Å². The normalized spacial score (nSPS) is 30.4. The largest absolute Gasteiger partial charge is 0.394 e. The number of aliphatic hydroxyl groups excluding tert-OH is 3. The molecule has 4 heterocycles. The lowest BCUT2D eigenvalue weighted by molar-refractivity contribution is -0.0505. The average molecular weight is 365 g/mol. The van der Waals surface area contributed by atoms with E-state index in [0.29, 0.717) is 11.9 Å². The van der Waals surface area contributed by atoms with Crippen LogP contribution in [0.1, 0.15) is 26.0 Å². The molecule has 0 unspecified atom stereocenters. The average Bonchev–Trinajstić information content (AvgIpc) is 3.15. The fourth-order valence-corrected chi connectivity index (χ4v) is 3.67. The Kier molecular flexibility index (Phi) is 4.43. The number of H-pyrrole nitrogens is 1. The standard InChI is InChI=1S/C16H23N5O5/c1-8-2-4-20(5-3-8)16-19-10-13(17-7-18-14(10)25)21(16)15-12(24)11(23)9(6-22)26-15/h7-9,11-12,15,22-24H,2-6H2,1H3,(H,17,18,25)/t9-,11+,12-,15+/m0/s1. The molecule has 4 rings (SSSR count). The minimum atomic E-state index is -1.27. The maximum atomic E-state index is 12.2. The Morgan fingerprint density at radius 2 is 2.04 bits per heavy atom. The molecule has 0 bridgehead atoms. The predicted octanol–water partition coefficient (Wildman–Crippen LogP) is -1.03. The summed E-state index contributed by atoms with van der Waals surface area (Å²) in [6.45, 7) is 3.29. The highest BCUT2D eigenvalue weighted by Crippen LogP contribution is 2.35. The number of hydrogen-bond donors (Lipinski definition) is 4. The van der Waals surface area contributed by atoms with Crippen molar-refractivity contribution in [3.8, 4) is 0 Å². The van der Waals surface area contributed by atoms with Crippen molar-refractivity contribution in [1.82, 2.24) is 19.5 Å². The highest BCUT2D eigenvalue weighted by atomic mass is 16.6. The number of imidazole rings is 1. The van der Waals surface area contributed by atoms with Crippen LogP contribution in [0.25, 0.3) is 11.2 Å². The van der Waals surface area contributed by atoms with Crippen LogP contribution in [0.4, 0.5) is 5.95 Å². The molecule has 2 aromatic rings. The molecule has 0 spiro atoms. The molecule has 0 amide bonds. The van der Waals surface area contributed by atoms with Gasteiger partial charge in [-0.25, -0.2) is 9.97 Å². The summed E-state index contributed by atoms with van der Waals surface area (Å²) in [4.78, 5) is 25.4. The number of aliphatic hydroxyl groups is 3. The molecule has 4 atom stereocenters. The van der Waals surface area contributed by atoms with Crippen LogP contribution in [-0.2, 0) is 4.74 Å². The first-order valence-electron chi connectivity index (χ1n) is 8.84. The van der Waals surface area contributed by atoms with Crippen LogP contribution >= 0.6 is 0 Å². The molecule has 2 aliphatic rings. The van der Waals surface area contributed by atoms with Gasteiger partial charge in [-0.2, -0.15) is 0 Å². The first-order chi connectivity index (χ1) is 12.5. The van der Waals surface area contributed by atoms with Gasteiger partial charge in [0.25, 0.3) is 5.56 Å². The summed E-state index contributed by atoms with van der Waals surface area (Å²) in [5.41, 5.74) is 0.0446. The zero-order valence-corrected chi connectivity index (χ0v) is 14.4. The number of aromatic amines is 1. The Hall–Kier alpha value is -2.01. The minimum Gasteiger partial charge on any atom is -0.394 e. The zero-order valence-electron chi connectivity index (χ0n) is 14.4. The van der Waals surface area contributed by atoms with E-state index in [1.807, 2.05) is 4.90 Å². The molecule has 10 nitrogen and oxygen atoms in total. The van der Waals surface area contributed by atoms with Gasteiger partial charge in [-0.05, 0) is 18.8 Å². The van der Waals surface area contributed by atoms with Gasteiger partial charge in [-0.1, -0.05) is 6.92 Å². The van der Waals surface area contributed by atoms with E-state index in [1.54, 1.807) is 4.57 Å². The smallest absolute Gasteiger partial charge is 0.278 e. The second-order valence-corrected chi connectivity index (χ2v) is 7.08. The predicted molar refractivity (Wildman–Crippen MR) is 91.8 cm³/mol. The van der Waals surface area contributed by atoms with Crippen molar-refractivity contribution in [3.05, 3.63) is 16.7 Å². The van der Waals surface area contributed by atoms with Crippen LogP contribution in [0.3, 0.4) is 0 Å². The lowest BCUT2D eigenvalue weighted by Gasteiger charge is -2.32. The lowest BCUT2D eigenvalue weighted by Crippen LogP contribution is -2.37. The molecule has 10 heteroatoms. The maximum Gasteiger partial charge on any atom is 0.278 e. The molecule has 142 valence electrons. The number of nitrogens with one attached hydrogen (secondary N) is 1. The van der Waals surface area contributed by atoms with Crippen LogP contribution < -0.4 is 10.5 Å². The number of ether oxygens (including phenoxy) is 1. The molecule has 4 N–H and O–H groups in total. The molecule has 0 radical (unpaired) electrons. The first kappa shape index (κ1) is 17.4. The number of fused-ring (bicyclic) bond motifs is 1. The summed E-state index contributed by atoms with van der Waals surface area (Å²) in [5, 5.41) is 29.9. The third-order valence-corrected chi connectivity index (χ3v) is 5.30. The minimum absolute atomic E-state index is 0.152. The summed E-state index contributed by atoms with van der Waals surface area (Å²) in [6.07, 6.45) is -1.16. The summed E-state index contributed by atoms with van der Waals surface area (Å²) in [5.74, 6) is 1.09. The summed E-state index contributed by atoms with van der Waals surface area (Å²) >= 11 is 0. The van der Waals surface area contributed by atoms with Crippen LogP contribution in [-0.4, -0.2) is 72.8 Å². The van der Waals surface area contributed by atoms with Crippen LogP contribution in [0.15, 0.2) is 11.1 Å². The third kappa shape index (κ3) is 2.69. The Bertz CT molecular complexity index is 843. The van der Waals surface area contributed by atoms with E-state index in [1.165, 1.54) is 6.33 Å². The molecular weight excluding hydrogens is 342 g/mol. The molecular formula is C16H23N5O5. The number of piperidine rings is 1. The van der Waals surface area contributed by atoms with Gasteiger partial charge in [0.1, 0.15) is 18.3 Å². The lowest BCUT2D eigenvalue weighted by atomic mass is 10.00. The molecule has 0 saturated carbocycles. The molecule has 2 aromatic heterocycles. The van der Waals surface area contributed by atoms with Gasteiger partial charge in [0, 0.05) is 13.1 Å². The Labute approximate surface area is 149 Å². The number of hydrogen-bond acceptors (Lipinski definition) is 8. The van der Waals surface area contributed by atoms with Crippen LogP contribution in [0, 0.1) is 5.92 Å². The Morgan fingerprint density at radius 3 is 2.69 bits per heavy atom. The van der Waals surface area contributed by atoms with Gasteiger partial charge in [-0.15, -0.1) is 0 Å². The van der Waals surface area contributed by atoms with Crippen LogP contribution in [0.2, 0.25) is 0 Å². The highest BCUT2D eigenvalue weighted by Gasteiger charge is 2.45. The van der Waals surface area contributed by atoms with E-state index >= 15 is 0 Å². The SMILES string of the molecule is CC1CCN(c2nc3c(=O)[nH]cnc3n2[C@@H]2O[C@@H](CO)[C@@H](O)[C@@H]2O)CC1. The fourth-order valence-electron chi connectivity index (χ4n) is 3.67. The number of nitrogens with zero attached hydrogens (tertiary/aromatic N) is 4. The Balaban J connectivity index is 1.83. The van der Waals surface area contributed by atoms with Gasteiger partial charge in [-0.3, -0.25) is 9.36 Å². The third-order valence-electron chi connectivity index (χ3n) is 5.30. The van der Waals surface area contributed by atoms with E-state index in [0.717, 1.165) is 25.9 Å². The maximum absolute atomic E-state index is 12.2. The monoisotopic (exact) mass is 365 g/mol. The quantitative estimate of drug-likeness (QED) is 0.542. The molecule has 0 aliphatic carbocycles.